The predicted molar refractivity (Wildman–Crippen MR) is 70.2 cm³/mol. The second kappa shape index (κ2) is 4.37. The summed E-state index contributed by atoms with van der Waals surface area (Å²) >= 11 is 0. The molecule has 0 aliphatic carbocycles. The van der Waals surface area contributed by atoms with Crippen LogP contribution >= 0.6 is 0 Å². The molecule has 3 nitrogen and oxygen atoms in total. The van der Waals surface area contributed by atoms with Gasteiger partial charge < -0.3 is 5.21 Å². The predicted octanol–water partition coefficient (Wildman–Crippen LogP) is 2.78. The summed E-state index contributed by atoms with van der Waals surface area (Å²) in [6.07, 6.45) is 3.31. The zero-order valence-electron chi connectivity index (χ0n) is 9.73. The average molecular weight is 236 g/mol. The van der Waals surface area contributed by atoms with Crippen LogP contribution in [0.1, 0.15) is 0 Å². The fraction of sp³-hybridized carbons (Fsp3) is 0. The van der Waals surface area contributed by atoms with Gasteiger partial charge in [0.05, 0.1) is 5.56 Å². The summed E-state index contributed by atoms with van der Waals surface area (Å²) < 4.78 is 2.78. The molecular weight excluding hydrogens is 224 g/mol. The van der Waals surface area contributed by atoms with Crippen molar-refractivity contribution in [3.8, 4) is 17.1 Å². The molecule has 0 unspecified atom stereocenters. The van der Waals surface area contributed by atoms with Gasteiger partial charge in [-0.1, -0.05) is 36.4 Å². The topological polar surface area (TPSA) is 31.9 Å². The van der Waals surface area contributed by atoms with Crippen molar-refractivity contribution in [2.75, 3.05) is 0 Å². The van der Waals surface area contributed by atoms with Crippen LogP contribution in [0, 0.1) is 5.21 Å². The van der Waals surface area contributed by atoms with Crippen molar-refractivity contribution in [1.29, 1.82) is 0 Å². The summed E-state index contributed by atoms with van der Waals surface area (Å²) in [5, 5.41) is 11.9. The lowest BCUT2D eigenvalue weighted by Crippen LogP contribution is -2.26. The number of imidazole rings is 1. The second-order valence-electron chi connectivity index (χ2n) is 4.02. The Morgan fingerprint density at radius 3 is 2.11 bits per heavy atom. The fourth-order valence-corrected chi connectivity index (χ4v) is 2.03. The standard InChI is InChI=1S/C15H12N2O/c18-17-12-11-16(14-9-5-2-6-10-14)15(17)13-7-3-1-4-8-13/h1-12H. The van der Waals surface area contributed by atoms with E-state index in [4.69, 9.17) is 0 Å². The molecule has 3 aromatic rings. The average Bonchev–Trinajstić information content (AvgIpc) is 2.83. The summed E-state index contributed by atoms with van der Waals surface area (Å²) in [6, 6.07) is 19.5. The van der Waals surface area contributed by atoms with E-state index in [1.54, 1.807) is 6.20 Å². The molecule has 2 aromatic carbocycles. The molecule has 0 fully saturated rings. The van der Waals surface area contributed by atoms with Crippen molar-refractivity contribution in [3.05, 3.63) is 78.3 Å². The molecule has 0 amide bonds. The number of aromatic nitrogens is 2. The van der Waals surface area contributed by atoms with Crippen molar-refractivity contribution < 1.29 is 4.73 Å². The van der Waals surface area contributed by atoms with Gasteiger partial charge in [0.2, 0.25) is 0 Å². The molecule has 0 atom stereocenters. The molecule has 0 N–H and O–H groups in total. The van der Waals surface area contributed by atoms with Crippen LogP contribution in [-0.4, -0.2) is 4.57 Å². The van der Waals surface area contributed by atoms with E-state index < -0.39 is 0 Å². The van der Waals surface area contributed by atoms with Gasteiger partial charge in [0.25, 0.3) is 5.82 Å². The Kier molecular flexibility index (Phi) is 2.57. The molecule has 1 aromatic heterocycles. The van der Waals surface area contributed by atoms with E-state index in [1.165, 1.54) is 6.20 Å². The van der Waals surface area contributed by atoms with Gasteiger partial charge >= 0.3 is 0 Å². The fourth-order valence-electron chi connectivity index (χ4n) is 2.03. The molecule has 18 heavy (non-hydrogen) atoms. The lowest BCUT2D eigenvalue weighted by Gasteiger charge is -2.05. The van der Waals surface area contributed by atoms with Gasteiger partial charge in [-0.3, -0.25) is 0 Å². The Bertz CT molecular complexity index is 645. The summed E-state index contributed by atoms with van der Waals surface area (Å²) in [7, 11) is 0. The van der Waals surface area contributed by atoms with Gasteiger partial charge in [0.1, 0.15) is 18.1 Å². The highest BCUT2D eigenvalue weighted by molar-refractivity contribution is 5.55. The first-order valence-electron chi connectivity index (χ1n) is 5.77. The first kappa shape index (κ1) is 10.6. The highest BCUT2D eigenvalue weighted by Crippen LogP contribution is 2.19. The Morgan fingerprint density at radius 2 is 1.44 bits per heavy atom. The molecule has 3 heteroatoms. The van der Waals surface area contributed by atoms with Crippen molar-refractivity contribution in [2.24, 2.45) is 0 Å². The van der Waals surface area contributed by atoms with Gasteiger partial charge in [-0.05, 0) is 24.3 Å². The van der Waals surface area contributed by atoms with E-state index in [0.717, 1.165) is 16.0 Å². The summed E-state index contributed by atoms with van der Waals surface area (Å²) in [4.78, 5) is 0. The number of hydrogen-bond donors (Lipinski definition) is 0. The number of hydrogen-bond acceptors (Lipinski definition) is 1. The zero-order valence-corrected chi connectivity index (χ0v) is 9.73. The lowest BCUT2D eigenvalue weighted by molar-refractivity contribution is -0.592. The molecule has 0 aliphatic heterocycles. The van der Waals surface area contributed by atoms with Crippen LogP contribution in [0.3, 0.4) is 0 Å². The number of benzene rings is 2. The third-order valence-corrected chi connectivity index (χ3v) is 2.85. The van der Waals surface area contributed by atoms with Crippen LogP contribution in [0.25, 0.3) is 17.1 Å². The Morgan fingerprint density at radius 1 is 0.833 bits per heavy atom. The monoisotopic (exact) mass is 236 g/mol. The van der Waals surface area contributed by atoms with Gasteiger partial charge in [0, 0.05) is 0 Å². The first-order valence-corrected chi connectivity index (χ1v) is 5.77. The quantitative estimate of drug-likeness (QED) is 0.497. The van der Waals surface area contributed by atoms with Gasteiger partial charge in [-0.15, -0.1) is 0 Å². The Balaban J connectivity index is 2.19. The van der Waals surface area contributed by atoms with Crippen LogP contribution in [0.2, 0.25) is 0 Å². The third kappa shape index (κ3) is 1.76. The summed E-state index contributed by atoms with van der Waals surface area (Å²) in [6.45, 7) is 0. The van der Waals surface area contributed by atoms with E-state index in [2.05, 4.69) is 0 Å². The maximum atomic E-state index is 11.9. The third-order valence-electron chi connectivity index (χ3n) is 2.85. The van der Waals surface area contributed by atoms with Crippen molar-refractivity contribution in [3.63, 3.8) is 0 Å². The molecule has 0 aliphatic rings. The van der Waals surface area contributed by atoms with E-state index in [-0.39, 0.29) is 0 Å². The molecule has 0 saturated carbocycles. The van der Waals surface area contributed by atoms with Crippen molar-refractivity contribution in [1.82, 2.24) is 4.57 Å². The zero-order chi connectivity index (χ0) is 12.4. The largest absolute Gasteiger partial charge is 0.710 e. The van der Waals surface area contributed by atoms with Crippen LogP contribution in [0.4, 0.5) is 0 Å². The number of rotatable bonds is 2. The minimum absolute atomic E-state index is 0.627. The van der Waals surface area contributed by atoms with E-state index in [9.17, 15) is 5.21 Å². The van der Waals surface area contributed by atoms with Gasteiger partial charge in [-0.25, -0.2) is 4.73 Å². The summed E-state index contributed by atoms with van der Waals surface area (Å²) in [5.41, 5.74) is 1.88. The smallest absolute Gasteiger partial charge is 0.297 e. The minimum Gasteiger partial charge on any atom is -0.710 e. The highest BCUT2D eigenvalue weighted by Gasteiger charge is 2.16. The maximum Gasteiger partial charge on any atom is 0.297 e. The minimum atomic E-state index is 0.627. The van der Waals surface area contributed by atoms with Crippen molar-refractivity contribution >= 4 is 0 Å². The van der Waals surface area contributed by atoms with Crippen LogP contribution in [0.15, 0.2) is 73.1 Å². The lowest BCUT2D eigenvalue weighted by atomic mass is 10.2. The van der Waals surface area contributed by atoms with E-state index in [1.807, 2.05) is 65.2 Å². The number of nitrogens with zero attached hydrogens (tertiary/aromatic N) is 2. The first-order chi connectivity index (χ1) is 8.86. The summed E-state index contributed by atoms with van der Waals surface area (Å²) in [5.74, 6) is 0.627. The van der Waals surface area contributed by atoms with E-state index in [0.29, 0.717) is 5.82 Å². The SMILES string of the molecule is [O-][n+]1ccn(-c2ccccc2)c1-c1ccccc1. The van der Waals surface area contributed by atoms with Gasteiger partial charge in [0.15, 0.2) is 0 Å². The van der Waals surface area contributed by atoms with E-state index >= 15 is 0 Å². The highest BCUT2D eigenvalue weighted by atomic mass is 16.5. The van der Waals surface area contributed by atoms with Crippen LogP contribution in [0.5, 0.6) is 0 Å². The molecule has 0 spiro atoms. The van der Waals surface area contributed by atoms with Gasteiger partial charge in [-0.2, -0.15) is 4.57 Å². The normalized spacial score (nSPS) is 10.4. The van der Waals surface area contributed by atoms with Crippen LogP contribution in [-0.2, 0) is 0 Å². The molecular formula is C15H12N2O. The van der Waals surface area contributed by atoms with Crippen LogP contribution < -0.4 is 4.73 Å². The number of para-hydroxylation sites is 1. The second-order valence-corrected chi connectivity index (χ2v) is 4.02. The molecule has 0 saturated heterocycles. The Hall–Kier alpha value is -2.55. The molecule has 88 valence electrons. The van der Waals surface area contributed by atoms with Crippen molar-refractivity contribution in [2.45, 2.75) is 0 Å². The molecule has 0 bridgehead atoms. The molecule has 0 radical (unpaired) electrons. The Labute approximate surface area is 105 Å². The molecule has 1 heterocycles. The molecule has 3 rings (SSSR count). The maximum absolute atomic E-state index is 11.9.